The maximum absolute atomic E-state index is 12.3. The molecule has 6 nitrogen and oxygen atoms in total. The molecule has 6 heteroatoms. The van der Waals surface area contributed by atoms with Gasteiger partial charge in [-0.3, -0.25) is 9.59 Å². The summed E-state index contributed by atoms with van der Waals surface area (Å²) in [4.78, 5) is 25.1. The normalized spacial score (nSPS) is 28.4. The number of ether oxygens (including phenoxy) is 1. The van der Waals surface area contributed by atoms with E-state index in [4.69, 9.17) is 10.5 Å². The molecule has 0 aromatic rings. The van der Waals surface area contributed by atoms with Crippen LogP contribution < -0.4 is 11.1 Å². The average Bonchev–Trinajstić information content (AvgIpc) is 2.87. The summed E-state index contributed by atoms with van der Waals surface area (Å²) in [7, 11) is 0. The lowest BCUT2D eigenvalue weighted by atomic mass is 10.0. The van der Waals surface area contributed by atoms with E-state index in [2.05, 4.69) is 5.32 Å². The molecule has 2 aliphatic rings. The molecule has 108 valence electrons. The Hall–Kier alpha value is -1.14. The van der Waals surface area contributed by atoms with Crippen LogP contribution in [0, 0.1) is 0 Å². The van der Waals surface area contributed by atoms with Crippen molar-refractivity contribution in [2.75, 3.05) is 19.6 Å². The van der Waals surface area contributed by atoms with Crippen molar-refractivity contribution in [2.45, 2.75) is 50.9 Å². The van der Waals surface area contributed by atoms with E-state index in [1.807, 2.05) is 4.90 Å². The van der Waals surface area contributed by atoms with Crippen molar-refractivity contribution in [3.8, 4) is 0 Å². The third-order valence-electron chi connectivity index (χ3n) is 3.86. The van der Waals surface area contributed by atoms with E-state index in [0.717, 1.165) is 25.7 Å². The fourth-order valence-corrected chi connectivity index (χ4v) is 2.80. The van der Waals surface area contributed by atoms with E-state index in [1.165, 1.54) is 6.92 Å². The minimum atomic E-state index is -0.314. The van der Waals surface area contributed by atoms with Gasteiger partial charge in [-0.05, 0) is 25.7 Å². The number of nitrogens with zero attached hydrogens (tertiary/aromatic N) is 1. The van der Waals surface area contributed by atoms with Gasteiger partial charge in [0.15, 0.2) is 0 Å². The summed E-state index contributed by atoms with van der Waals surface area (Å²) in [6, 6.07) is 0.197. The number of likely N-dealkylation sites (tertiary alicyclic amines) is 1. The van der Waals surface area contributed by atoms with Crippen LogP contribution in [0.1, 0.15) is 32.6 Å². The Kier molecular flexibility index (Phi) is 4.76. The molecule has 3 N–H and O–H groups in total. The zero-order chi connectivity index (χ0) is 13.8. The molecule has 2 fully saturated rings. The predicted molar refractivity (Wildman–Crippen MR) is 70.4 cm³/mol. The van der Waals surface area contributed by atoms with Gasteiger partial charge in [0.2, 0.25) is 5.91 Å². The first-order valence-electron chi connectivity index (χ1n) is 7.01. The van der Waals surface area contributed by atoms with Crippen molar-refractivity contribution in [1.29, 1.82) is 0 Å². The number of hydrogen-bond donors (Lipinski definition) is 2. The molecular formula is C13H23N3O3. The lowest BCUT2D eigenvalue weighted by Gasteiger charge is -2.33. The Morgan fingerprint density at radius 2 is 1.95 bits per heavy atom. The van der Waals surface area contributed by atoms with Crippen molar-refractivity contribution < 1.29 is 14.3 Å². The molecule has 2 heterocycles. The molecule has 2 unspecified atom stereocenters. The maximum Gasteiger partial charge on any atom is 0.251 e. The molecule has 0 aromatic heterocycles. The quantitative estimate of drug-likeness (QED) is 0.731. The third kappa shape index (κ3) is 3.67. The second kappa shape index (κ2) is 6.34. The highest BCUT2D eigenvalue weighted by molar-refractivity contribution is 5.81. The summed E-state index contributed by atoms with van der Waals surface area (Å²) in [5.41, 5.74) is 5.55. The first-order valence-corrected chi connectivity index (χ1v) is 7.01. The first-order chi connectivity index (χ1) is 9.10. The molecule has 0 bridgehead atoms. The maximum atomic E-state index is 12.3. The van der Waals surface area contributed by atoms with Crippen molar-refractivity contribution in [2.24, 2.45) is 5.73 Å². The fraction of sp³-hybridized carbons (Fsp3) is 0.846. The van der Waals surface area contributed by atoms with Crippen LogP contribution in [-0.4, -0.2) is 54.6 Å². The summed E-state index contributed by atoms with van der Waals surface area (Å²) in [6.45, 7) is 3.39. The lowest BCUT2D eigenvalue weighted by Crippen LogP contribution is -2.48. The van der Waals surface area contributed by atoms with Gasteiger partial charge in [0.05, 0.1) is 6.10 Å². The van der Waals surface area contributed by atoms with Crippen molar-refractivity contribution >= 4 is 11.8 Å². The van der Waals surface area contributed by atoms with Crippen LogP contribution in [0.4, 0.5) is 0 Å². The number of rotatable bonds is 3. The standard InChI is InChI=1S/C13H23N3O3/c1-9(17)15-10-4-6-16(7-5-10)13(18)12-3-2-11(8-14)19-12/h10-12H,2-8,14H2,1H3,(H,15,17). The molecule has 0 aliphatic carbocycles. The van der Waals surface area contributed by atoms with E-state index < -0.39 is 0 Å². The molecule has 2 aliphatic heterocycles. The predicted octanol–water partition coefficient (Wildman–Crippen LogP) is -0.380. The van der Waals surface area contributed by atoms with E-state index in [9.17, 15) is 9.59 Å². The SMILES string of the molecule is CC(=O)NC1CCN(C(=O)C2CCC(CN)O2)CC1. The molecule has 2 saturated heterocycles. The van der Waals surface area contributed by atoms with Gasteiger partial charge >= 0.3 is 0 Å². The van der Waals surface area contributed by atoms with E-state index in [0.29, 0.717) is 19.6 Å². The van der Waals surface area contributed by atoms with Gasteiger partial charge < -0.3 is 20.7 Å². The van der Waals surface area contributed by atoms with Gasteiger partial charge in [0.1, 0.15) is 6.10 Å². The second-order valence-electron chi connectivity index (χ2n) is 5.36. The third-order valence-corrected chi connectivity index (χ3v) is 3.86. The molecule has 0 spiro atoms. The summed E-state index contributed by atoms with van der Waals surface area (Å²) >= 11 is 0. The van der Waals surface area contributed by atoms with Crippen molar-refractivity contribution in [3.05, 3.63) is 0 Å². The monoisotopic (exact) mass is 269 g/mol. The molecule has 0 aromatic carbocycles. The topological polar surface area (TPSA) is 84.7 Å². The first kappa shape index (κ1) is 14.3. The van der Waals surface area contributed by atoms with E-state index in [1.54, 1.807) is 0 Å². The molecule has 0 saturated carbocycles. The largest absolute Gasteiger partial charge is 0.364 e. The zero-order valence-electron chi connectivity index (χ0n) is 11.4. The summed E-state index contributed by atoms with van der Waals surface area (Å²) in [6.07, 6.45) is 3.00. The van der Waals surface area contributed by atoms with Gasteiger partial charge in [-0.25, -0.2) is 0 Å². The summed E-state index contributed by atoms with van der Waals surface area (Å²) < 4.78 is 5.63. The van der Waals surface area contributed by atoms with Crippen LogP contribution in [-0.2, 0) is 14.3 Å². The number of nitrogens with one attached hydrogen (secondary N) is 1. The van der Waals surface area contributed by atoms with Gasteiger partial charge in [0, 0.05) is 32.6 Å². The Bertz CT molecular complexity index is 340. The number of hydrogen-bond acceptors (Lipinski definition) is 4. The van der Waals surface area contributed by atoms with Crippen LogP contribution in [0.5, 0.6) is 0 Å². The van der Waals surface area contributed by atoms with E-state index >= 15 is 0 Å². The number of nitrogens with two attached hydrogens (primary N) is 1. The molecule has 2 atom stereocenters. The highest BCUT2D eigenvalue weighted by Crippen LogP contribution is 2.22. The molecule has 19 heavy (non-hydrogen) atoms. The van der Waals surface area contributed by atoms with Crippen LogP contribution in [0.2, 0.25) is 0 Å². The Morgan fingerprint density at radius 3 is 2.47 bits per heavy atom. The van der Waals surface area contributed by atoms with E-state index in [-0.39, 0.29) is 30.1 Å². The highest BCUT2D eigenvalue weighted by Gasteiger charge is 2.34. The number of piperidine rings is 1. The van der Waals surface area contributed by atoms with Crippen LogP contribution in [0.15, 0.2) is 0 Å². The zero-order valence-corrected chi connectivity index (χ0v) is 11.4. The van der Waals surface area contributed by atoms with Crippen LogP contribution >= 0.6 is 0 Å². The molecule has 2 amide bonds. The van der Waals surface area contributed by atoms with Gasteiger partial charge in [-0.1, -0.05) is 0 Å². The Morgan fingerprint density at radius 1 is 1.26 bits per heavy atom. The fourth-order valence-electron chi connectivity index (χ4n) is 2.80. The van der Waals surface area contributed by atoms with Crippen LogP contribution in [0.3, 0.4) is 0 Å². The van der Waals surface area contributed by atoms with Crippen molar-refractivity contribution in [1.82, 2.24) is 10.2 Å². The molecular weight excluding hydrogens is 246 g/mol. The Balaban J connectivity index is 1.78. The summed E-state index contributed by atoms with van der Waals surface area (Å²) in [5, 5.41) is 2.90. The number of amides is 2. The minimum Gasteiger partial charge on any atom is -0.364 e. The Labute approximate surface area is 113 Å². The number of carbonyl (C=O) groups is 2. The number of carbonyl (C=O) groups excluding carboxylic acids is 2. The molecule has 2 rings (SSSR count). The van der Waals surface area contributed by atoms with Gasteiger partial charge in [-0.2, -0.15) is 0 Å². The smallest absolute Gasteiger partial charge is 0.251 e. The highest BCUT2D eigenvalue weighted by atomic mass is 16.5. The summed E-state index contributed by atoms with van der Waals surface area (Å²) in [5.74, 6) is 0.0758. The lowest BCUT2D eigenvalue weighted by molar-refractivity contribution is -0.143. The van der Waals surface area contributed by atoms with Crippen molar-refractivity contribution in [3.63, 3.8) is 0 Å². The van der Waals surface area contributed by atoms with Gasteiger partial charge in [-0.15, -0.1) is 0 Å². The minimum absolute atomic E-state index is 0.00492. The molecule has 0 radical (unpaired) electrons. The average molecular weight is 269 g/mol. The van der Waals surface area contributed by atoms with Gasteiger partial charge in [0.25, 0.3) is 5.91 Å². The van der Waals surface area contributed by atoms with Crippen LogP contribution in [0.25, 0.3) is 0 Å². The second-order valence-corrected chi connectivity index (χ2v) is 5.36.